The van der Waals surface area contributed by atoms with E-state index in [9.17, 15) is 4.79 Å². The van der Waals surface area contributed by atoms with Gasteiger partial charge in [-0.2, -0.15) is 0 Å². The van der Waals surface area contributed by atoms with Crippen LogP contribution >= 0.6 is 24.0 Å². The molecule has 0 saturated carbocycles. The molecule has 1 aromatic rings. The summed E-state index contributed by atoms with van der Waals surface area (Å²) in [6, 6.07) is 8.85. The topological polar surface area (TPSA) is 60.0 Å². The Morgan fingerprint density at radius 3 is 2.50 bits per heavy atom. The van der Waals surface area contributed by atoms with Gasteiger partial charge in [0.2, 0.25) is 5.91 Å². The molecular weight excluding hydrogens is 465 g/mol. The fourth-order valence-electron chi connectivity index (χ4n) is 3.79. The maximum absolute atomic E-state index is 12.3. The van der Waals surface area contributed by atoms with E-state index >= 15 is 0 Å². The fourth-order valence-corrected chi connectivity index (χ4v) is 3.79. The number of aliphatic imine (C=N–C) groups is 1. The molecule has 2 saturated heterocycles. The van der Waals surface area contributed by atoms with Crippen LogP contribution in [-0.4, -0.2) is 56.0 Å². The first-order chi connectivity index (χ1) is 13.2. The van der Waals surface area contributed by atoms with Crippen LogP contribution in [0.3, 0.4) is 0 Å². The smallest absolute Gasteiger partial charge is 0.244 e. The molecule has 1 aromatic carbocycles. The van der Waals surface area contributed by atoms with Crippen molar-refractivity contribution in [2.45, 2.75) is 45.6 Å². The van der Waals surface area contributed by atoms with E-state index in [-0.39, 0.29) is 42.5 Å². The molecule has 2 N–H and O–H groups in total. The van der Waals surface area contributed by atoms with E-state index in [1.807, 2.05) is 11.8 Å². The van der Waals surface area contributed by atoms with E-state index in [0.29, 0.717) is 5.96 Å². The van der Waals surface area contributed by atoms with Crippen molar-refractivity contribution in [2.24, 2.45) is 4.99 Å². The second-order valence-corrected chi connectivity index (χ2v) is 7.44. The third-order valence-corrected chi connectivity index (χ3v) is 5.37. The molecule has 0 spiro atoms. The predicted molar refractivity (Wildman–Crippen MR) is 127 cm³/mol. The molecule has 2 heterocycles. The van der Waals surface area contributed by atoms with E-state index in [1.165, 1.54) is 24.1 Å². The number of guanidine groups is 1. The van der Waals surface area contributed by atoms with Crippen LogP contribution in [-0.2, 0) is 4.79 Å². The van der Waals surface area contributed by atoms with E-state index in [1.54, 1.807) is 0 Å². The predicted octanol–water partition coefficient (Wildman–Crippen LogP) is 3.14. The quantitative estimate of drug-likeness (QED) is 0.359. The van der Waals surface area contributed by atoms with E-state index in [0.717, 1.165) is 45.6 Å². The van der Waals surface area contributed by atoms with E-state index in [4.69, 9.17) is 0 Å². The monoisotopic (exact) mass is 499 g/mol. The number of likely N-dealkylation sites (tertiary alicyclic amines) is 1. The molecule has 156 valence electrons. The highest BCUT2D eigenvalue weighted by atomic mass is 127. The van der Waals surface area contributed by atoms with Crippen LogP contribution in [0.4, 0.5) is 5.69 Å². The zero-order chi connectivity index (χ0) is 19.1. The van der Waals surface area contributed by atoms with Crippen LogP contribution in [0.2, 0.25) is 0 Å². The van der Waals surface area contributed by atoms with Crippen LogP contribution in [0, 0.1) is 0 Å². The minimum absolute atomic E-state index is 0. The molecule has 28 heavy (non-hydrogen) atoms. The minimum atomic E-state index is 0. The first-order valence-corrected chi connectivity index (χ1v) is 10.3. The van der Waals surface area contributed by atoms with Gasteiger partial charge in [0.25, 0.3) is 0 Å². The summed E-state index contributed by atoms with van der Waals surface area (Å²) in [6.07, 6.45) is 4.77. The van der Waals surface area contributed by atoms with Crippen molar-refractivity contribution in [1.82, 2.24) is 15.5 Å². The van der Waals surface area contributed by atoms with Gasteiger partial charge < -0.3 is 20.4 Å². The molecule has 2 fully saturated rings. The number of hydrogen-bond donors (Lipinski definition) is 2. The number of hydrogen-bond acceptors (Lipinski definition) is 3. The van der Waals surface area contributed by atoms with Crippen molar-refractivity contribution in [1.29, 1.82) is 0 Å². The van der Waals surface area contributed by atoms with Crippen molar-refractivity contribution < 1.29 is 4.79 Å². The largest absolute Gasteiger partial charge is 0.372 e. The molecule has 0 aromatic heterocycles. The molecule has 2 aliphatic heterocycles. The number of halogens is 1. The first-order valence-electron chi connectivity index (χ1n) is 10.3. The normalized spacial score (nSPS) is 18.0. The summed E-state index contributed by atoms with van der Waals surface area (Å²) in [4.78, 5) is 21.1. The number of anilines is 1. The van der Waals surface area contributed by atoms with Crippen LogP contribution in [0.1, 0.15) is 51.1 Å². The van der Waals surface area contributed by atoms with Gasteiger partial charge in [-0.25, -0.2) is 4.99 Å². The van der Waals surface area contributed by atoms with Gasteiger partial charge in [-0.05, 0) is 57.2 Å². The molecule has 1 unspecified atom stereocenters. The summed E-state index contributed by atoms with van der Waals surface area (Å²) < 4.78 is 0. The van der Waals surface area contributed by atoms with Crippen LogP contribution < -0.4 is 15.5 Å². The standard InChI is InChI=1S/C21H33N5O.HI/c1-3-22-21(23-16-20(27)26-13-6-7-14-26)24-17(2)18-9-8-10-19(15-18)25-11-4-5-12-25;/h8-10,15,17H,3-7,11-14,16H2,1-2H3,(H2,22,23,24);1H. The SMILES string of the molecule is CCNC(=NCC(=O)N1CCCC1)NC(C)c1cccc(N2CCCC2)c1.I. The second-order valence-electron chi connectivity index (χ2n) is 7.44. The Kier molecular flexibility index (Phi) is 9.34. The van der Waals surface area contributed by atoms with Gasteiger partial charge in [-0.3, -0.25) is 4.79 Å². The highest BCUT2D eigenvalue weighted by molar-refractivity contribution is 14.0. The summed E-state index contributed by atoms with van der Waals surface area (Å²) in [5, 5.41) is 6.70. The molecule has 1 amide bonds. The molecule has 1 atom stereocenters. The Morgan fingerprint density at radius 1 is 1.14 bits per heavy atom. The lowest BCUT2D eigenvalue weighted by atomic mass is 10.1. The molecule has 0 bridgehead atoms. The summed E-state index contributed by atoms with van der Waals surface area (Å²) in [7, 11) is 0. The molecule has 0 aliphatic carbocycles. The van der Waals surface area contributed by atoms with Crippen LogP contribution in [0.15, 0.2) is 29.3 Å². The lowest BCUT2D eigenvalue weighted by molar-refractivity contribution is -0.128. The van der Waals surface area contributed by atoms with Crippen molar-refractivity contribution in [2.75, 3.05) is 44.2 Å². The third kappa shape index (κ3) is 6.25. The van der Waals surface area contributed by atoms with E-state index < -0.39 is 0 Å². The number of carbonyl (C=O) groups is 1. The fraction of sp³-hybridized carbons (Fsp3) is 0.619. The number of nitrogens with one attached hydrogen (secondary N) is 2. The van der Waals surface area contributed by atoms with Crippen molar-refractivity contribution in [3.63, 3.8) is 0 Å². The Labute approximate surface area is 186 Å². The Hall–Kier alpha value is -1.51. The summed E-state index contributed by atoms with van der Waals surface area (Å²) >= 11 is 0. The van der Waals surface area contributed by atoms with Gasteiger partial charge in [-0.15, -0.1) is 24.0 Å². The summed E-state index contributed by atoms with van der Waals surface area (Å²) in [6.45, 7) is 9.19. The van der Waals surface area contributed by atoms with Crippen molar-refractivity contribution in [3.8, 4) is 0 Å². The average molecular weight is 499 g/mol. The minimum Gasteiger partial charge on any atom is -0.372 e. The van der Waals surface area contributed by atoms with E-state index in [2.05, 4.69) is 51.7 Å². The molecule has 3 rings (SSSR count). The highest BCUT2D eigenvalue weighted by Crippen LogP contribution is 2.23. The maximum Gasteiger partial charge on any atom is 0.244 e. The Morgan fingerprint density at radius 2 is 1.82 bits per heavy atom. The van der Waals surface area contributed by atoms with Crippen LogP contribution in [0.5, 0.6) is 0 Å². The molecule has 7 heteroatoms. The highest BCUT2D eigenvalue weighted by Gasteiger charge is 2.18. The third-order valence-electron chi connectivity index (χ3n) is 5.37. The molecular formula is C21H34IN5O. The lowest BCUT2D eigenvalue weighted by Gasteiger charge is -2.22. The molecule has 2 aliphatic rings. The number of carbonyl (C=O) groups excluding carboxylic acids is 1. The van der Waals surface area contributed by atoms with Gasteiger partial charge in [0.05, 0.1) is 6.04 Å². The number of rotatable bonds is 6. The second kappa shape index (κ2) is 11.5. The summed E-state index contributed by atoms with van der Waals surface area (Å²) in [5.41, 5.74) is 2.53. The van der Waals surface area contributed by atoms with Gasteiger partial charge in [0.15, 0.2) is 5.96 Å². The number of benzene rings is 1. The van der Waals surface area contributed by atoms with Gasteiger partial charge in [-0.1, -0.05) is 12.1 Å². The zero-order valence-corrected chi connectivity index (χ0v) is 19.4. The van der Waals surface area contributed by atoms with Crippen molar-refractivity contribution >= 4 is 41.5 Å². The maximum atomic E-state index is 12.3. The first kappa shape index (κ1) is 22.8. The molecule has 6 nitrogen and oxygen atoms in total. The lowest BCUT2D eigenvalue weighted by Crippen LogP contribution is -2.40. The van der Waals surface area contributed by atoms with Gasteiger partial charge in [0.1, 0.15) is 6.54 Å². The number of nitrogens with zero attached hydrogens (tertiary/aromatic N) is 3. The average Bonchev–Trinajstić information content (AvgIpc) is 3.40. The van der Waals surface area contributed by atoms with Gasteiger partial charge >= 0.3 is 0 Å². The Bertz CT molecular complexity index is 654. The zero-order valence-electron chi connectivity index (χ0n) is 17.1. The summed E-state index contributed by atoms with van der Waals surface area (Å²) in [5.74, 6) is 0.817. The molecule has 0 radical (unpaired) electrons. The number of amides is 1. The van der Waals surface area contributed by atoms with Gasteiger partial charge in [0, 0.05) is 38.4 Å². The Balaban J connectivity index is 0.00000280. The van der Waals surface area contributed by atoms with Crippen molar-refractivity contribution in [3.05, 3.63) is 29.8 Å². The van der Waals surface area contributed by atoms with Crippen LogP contribution in [0.25, 0.3) is 0 Å².